The lowest BCUT2D eigenvalue weighted by Gasteiger charge is -2.25. The summed E-state index contributed by atoms with van der Waals surface area (Å²) in [6.45, 7) is 2.49. The van der Waals surface area contributed by atoms with E-state index in [0.29, 0.717) is 0 Å². The van der Waals surface area contributed by atoms with Gasteiger partial charge in [0.15, 0.2) is 11.4 Å². The average molecular weight is 641 g/mol. The second-order valence-corrected chi connectivity index (χ2v) is 15.0. The summed E-state index contributed by atoms with van der Waals surface area (Å²) in [5, 5.41) is 33.9. The Kier molecular flexibility index (Phi) is 8.69. The van der Waals surface area contributed by atoms with Crippen LogP contribution in [-0.2, 0) is 38.7 Å². The summed E-state index contributed by atoms with van der Waals surface area (Å²) in [5.41, 5.74) is 1.05. The van der Waals surface area contributed by atoms with E-state index >= 15 is 0 Å². The summed E-state index contributed by atoms with van der Waals surface area (Å²) in [6, 6.07) is 8.21. The summed E-state index contributed by atoms with van der Waals surface area (Å²) >= 11 is 0. The van der Waals surface area contributed by atoms with Crippen LogP contribution in [0.15, 0.2) is 52.7 Å². The molecule has 0 saturated heterocycles. The molecule has 43 heavy (non-hydrogen) atoms. The van der Waals surface area contributed by atoms with E-state index in [1.807, 2.05) is 30.5 Å². The molecule has 2 aliphatic carbocycles. The van der Waals surface area contributed by atoms with Crippen molar-refractivity contribution in [2.75, 3.05) is 12.5 Å². The van der Waals surface area contributed by atoms with E-state index in [0.717, 1.165) is 29.8 Å². The third-order valence-electron chi connectivity index (χ3n) is 7.94. The molecule has 2 heterocycles. The lowest BCUT2D eigenvalue weighted by Crippen LogP contribution is -2.43. The first-order valence-corrected chi connectivity index (χ1v) is 17.1. The van der Waals surface area contributed by atoms with E-state index < -0.39 is 63.0 Å². The van der Waals surface area contributed by atoms with Crippen molar-refractivity contribution >= 4 is 15.2 Å². The second-order valence-electron chi connectivity index (χ2n) is 11.0. The highest BCUT2D eigenvalue weighted by Gasteiger charge is 2.72. The molecule has 0 amide bonds. The zero-order chi connectivity index (χ0) is 31.2. The molecule has 2 fully saturated rings. The Balaban J connectivity index is 1.24. The fourth-order valence-electron chi connectivity index (χ4n) is 5.65. The van der Waals surface area contributed by atoms with Crippen LogP contribution in [0, 0.1) is 11.3 Å². The highest BCUT2D eigenvalue weighted by atomic mass is 31.2. The van der Waals surface area contributed by atoms with Crippen LogP contribution < -0.4 is 11.2 Å². The van der Waals surface area contributed by atoms with Crippen LogP contribution in [0.1, 0.15) is 31.4 Å². The monoisotopic (exact) mass is 640 g/mol. The van der Waals surface area contributed by atoms with Crippen molar-refractivity contribution in [2.45, 2.75) is 51.2 Å². The minimum absolute atomic E-state index is 0.140. The van der Waals surface area contributed by atoms with Crippen LogP contribution in [0.25, 0.3) is 11.3 Å². The third kappa shape index (κ3) is 6.61. The number of aliphatic hydroxyl groups excluding tert-OH is 2. The summed E-state index contributed by atoms with van der Waals surface area (Å²) < 4.78 is 32.5. The number of fused-ring (bicyclic) bond motifs is 1. The average Bonchev–Trinajstić information content (AvgIpc) is 3.39. The molecule has 1 aromatic carbocycles. The van der Waals surface area contributed by atoms with Gasteiger partial charge in [0.2, 0.25) is 0 Å². The van der Waals surface area contributed by atoms with Crippen LogP contribution in [0.4, 0.5) is 0 Å². The summed E-state index contributed by atoms with van der Waals surface area (Å²) in [6.07, 6.45) is 1.76. The molecule has 2 aliphatic rings. The van der Waals surface area contributed by atoms with E-state index in [1.54, 1.807) is 4.68 Å². The summed E-state index contributed by atoms with van der Waals surface area (Å²) in [7, 11) is -8.00. The smallest absolute Gasteiger partial charge is 0.340 e. The first-order valence-electron chi connectivity index (χ1n) is 13.6. The van der Waals surface area contributed by atoms with Gasteiger partial charge in [0.05, 0.1) is 24.9 Å². The van der Waals surface area contributed by atoms with Crippen molar-refractivity contribution in [1.29, 1.82) is 0 Å². The maximum absolute atomic E-state index is 13.2. The Labute approximate surface area is 245 Å². The Hall–Kier alpha value is -2.94. The van der Waals surface area contributed by atoms with Gasteiger partial charge in [-0.05, 0) is 24.3 Å². The molecule has 5 N–H and O–H groups in total. The number of benzene rings is 1. The minimum atomic E-state index is -4.82. The van der Waals surface area contributed by atoms with Crippen LogP contribution in [0.2, 0.25) is 0 Å². The predicted molar refractivity (Wildman–Crippen MR) is 150 cm³/mol. The zero-order valence-corrected chi connectivity index (χ0v) is 25.2. The van der Waals surface area contributed by atoms with Crippen molar-refractivity contribution in [3.63, 3.8) is 0 Å². The van der Waals surface area contributed by atoms with Gasteiger partial charge < -0.3 is 34.3 Å². The molecule has 0 aliphatic heterocycles. The normalized spacial score (nSPS) is 26.7. The maximum Gasteiger partial charge on any atom is 0.340 e. The predicted octanol–water partition coefficient (Wildman–Crippen LogP) is 0.508. The minimum Gasteiger partial charge on any atom is -0.390 e. The third-order valence-corrected chi connectivity index (χ3v) is 11.4. The SMILES string of the molecule is CCCn1cc(-c2ccc(CO/N=c3/ccn([C@@H]4[C@H]5C[C@@]5(COP(=O)(O)CP(=O)(O)O)C(O)[C@@H]4O)c(=O)n3C)cc2)nn1. The maximum atomic E-state index is 13.2. The van der Waals surface area contributed by atoms with E-state index in [-0.39, 0.29) is 18.5 Å². The molecule has 16 nitrogen and oxygen atoms in total. The summed E-state index contributed by atoms with van der Waals surface area (Å²) in [4.78, 5) is 46.5. The molecule has 0 bridgehead atoms. The number of aryl methyl sites for hydroxylation is 1. The lowest BCUT2D eigenvalue weighted by molar-refractivity contribution is -0.0292. The molecular weight excluding hydrogens is 606 g/mol. The van der Waals surface area contributed by atoms with Gasteiger partial charge in [0.1, 0.15) is 18.4 Å². The van der Waals surface area contributed by atoms with Crippen LogP contribution >= 0.6 is 15.2 Å². The molecule has 2 unspecified atom stereocenters. The van der Waals surface area contributed by atoms with Crippen molar-refractivity contribution in [2.24, 2.45) is 23.5 Å². The first kappa shape index (κ1) is 31.5. The molecule has 2 saturated carbocycles. The van der Waals surface area contributed by atoms with Gasteiger partial charge >= 0.3 is 20.9 Å². The topological polar surface area (TPSA) is 224 Å². The summed E-state index contributed by atoms with van der Waals surface area (Å²) in [5.74, 6) is -1.84. The van der Waals surface area contributed by atoms with Gasteiger partial charge in [-0.1, -0.05) is 41.6 Å². The molecule has 2 aromatic heterocycles. The van der Waals surface area contributed by atoms with E-state index in [9.17, 15) is 29.0 Å². The number of nitrogens with zero attached hydrogens (tertiary/aromatic N) is 6. The van der Waals surface area contributed by atoms with Gasteiger partial charge in [-0.15, -0.1) is 5.10 Å². The fraction of sp³-hybridized carbons (Fsp3) is 0.520. The molecule has 18 heteroatoms. The fourth-order valence-corrected chi connectivity index (χ4v) is 8.28. The Morgan fingerprint density at radius 1 is 1.14 bits per heavy atom. The van der Waals surface area contributed by atoms with Crippen LogP contribution in [0.5, 0.6) is 0 Å². The zero-order valence-electron chi connectivity index (χ0n) is 23.4. The van der Waals surface area contributed by atoms with Crippen molar-refractivity contribution < 1.29 is 43.4 Å². The molecule has 5 rings (SSSR count). The molecule has 0 radical (unpaired) electrons. The highest BCUT2D eigenvalue weighted by molar-refractivity contribution is 7.70. The highest BCUT2D eigenvalue weighted by Crippen LogP contribution is 2.69. The number of hydrogen-bond acceptors (Lipinski definition) is 10. The Morgan fingerprint density at radius 2 is 1.86 bits per heavy atom. The molecule has 6 atom stereocenters. The van der Waals surface area contributed by atoms with E-state index in [1.165, 1.54) is 28.4 Å². The largest absolute Gasteiger partial charge is 0.390 e. The van der Waals surface area contributed by atoms with E-state index in [2.05, 4.69) is 22.4 Å². The lowest BCUT2D eigenvalue weighted by atomic mass is 10.0. The van der Waals surface area contributed by atoms with Crippen molar-refractivity contribution in [3.8, 4) is 11.3 Å². The Morgan fingerprint density at radius 3 is 2.53 bits per heavy atom. The van der Waals surface area contributed by atoms with Gasteiger partial charge in [0, 0.05) is 36.8 Å². The molecule has 3 aromatic rings. The van der Waals surface area contributed by atoms with Crippen molar-refractivity contribution in [3.05, 3.63) is 64.3 Å². The number of rotatable bonds is 12. The van der Waals surface area contributed by atoms with Gasteiger partial charge in [0.25, 0.3) is 0 Å². The number of aromatic nitrogens is 5. The second kappa shape index (κ2) is 11.9. The number of hydrogen-bond donors (Lipinski definition) is 5. The van der Waals surface area contributed by atoms with Gasteiger partial charge in [-0.2, -0.15) is 0 Å². The standard InChI is InChI=1S/C25H34N6O10P2/c1-3-9-30-12-19(26-28-30)17-6-4-16(5-7-17)13-40-27-20-8-10-31(24(34)29(20)2)21-18-11-25(18,23(33)22(21)32)14-41-43(38,39)15-42(35,36)37/h4-8,10,12,18,21-23,32-33H,3,9,11,13-15H2,1-2H3,(H,38,39)(H2,35,36,37)/b27-20-/t18-,21-,22-,23?,25+/m1/s1. The van der Waals surface area contributed by atoms with Crippen molar-refractivity contribution in [1.82, 2.24) is 24.1 Å². The molecule has 0 spiro atoms. The molecular formula is C25H34N6O10P2. The van der Waals surface area contributed by atoms with E-state index in [4.69, 9.17) is 19.1 Å². The van der Waals surface area contributed by atoms with Crippen LogP contribution in [-0.4, -0.2) is 73.7 Å². The van der Waals surface area contributed by atoms with Crippen LogP contribution in [0.3, 0.4) is 0 Å². The van der Waals surface area contributed by atoms with Gasteiger partial charge in [-0.25, -0.2) is 4.79 Å². The number of aliphatic hydroxyl groups is 2. The first-order chi connectivity index (χ1) is 20.2. The van der Waals surface area contributed by atoms with Gasteiger partial charge in [-0.3, -0.25) is 22.9 Å². The quantitative estimate of drug-likeness (QED) is 0.135. The Bertz CT molecular complexity index is 1700. The molecule has 234 valence electrons.